The summed E-state index contributed by atoms with van der Waals surface area (Å²) < 4.78 is 1.73. The summed E-state index contributed by atoms with van der Waals surface area (Å²) in [5.74, 6) is 1.39. The lowest BCUT2D eigenvalue weighted by Gasteiger charge is -2.33. The van der Waals surface area contributed by atoms with Gasteiger partial charge in [-0.1, -0.05) is 29.3 Å². The van der Waals surface area contributed by atoms with Crippen LogP contribution in [0.4, 0.5) is 22.0 Å². The zero-order valence-corrected chi connectivity index (χ0v) is 23.7. The average Bonchev–Trinajstić information content (AvgIpc) is 3.72. The van der Waals surface area contributed by atoms with Crippen LogP contribution < -0.4 is 15.5 Å². The van der Waals surface area contributed by atoms with Crippen molar-refractivity contribution >= 4 is 52.4 Å². The van der Waals surface area contributed by atoms with Crippen molar-refractivity contribution in [3.63, 3.8) is 0 Å². The van der Waals surface area contributed by atoms with Gasteiger partial charge in [-0.05, 0) is 54.7 Å². The highest BCUT2D eigenvalue weighted by atomic mass is 35.5. The maximum Gasteiger partial charge on any atom is 0.426 e. The monoisotopic (exact) mass is 583 g/mol. The number of piperazine rings is 1. The van der Waals surface area contributed by atoms with Crippen molar-refractivity contribution in [1.29, 1.82) is 0 Å². The fourth-order valence-electron chi connectivity index (χ4n) is 5.15. The fourth-order valence-corrected chi connectivity index (χ4v) is 5.60. The van der Waals surface area contributed by atoms with Gasteiger partial charge in [-0.2, -0.15) is 5.10 Å². The summed E-state index contributed by atoms with van der Waals surface area (Å²) in [6, 6.07) is 10.5. The molecule has 0 atom stereocenters. The average molecular weight is 585 g/mol. The van der Waals surface area contributed by atoms with Gasteiger partial charge < -0.3 is 25.3 Å². The quantitative estimate of drug-likeness (QED) is 0.430. The van der Waals surface area contributed by atoms with Crippen molar-refractivity contribution in [3.05, 3.63) is 69.3 Å². The third-order valence-electron chi connectivity index (χ3n) is 7.55. The number of hydrogen-bond donors (Lipinski definition) is 2. The first-order valence-corrected chi connectivity index (χ1v) is 14.2. The molecule has 1 aliphatic carbocycles. The number of fused-ring (bicyclic) bond motifs is 2. The van der Waals surface area contributed by atoms with Crippen molar-refractivity contribution in [2.75, 3.05) is 42.9 Å². The Morgan fingerprint density at radius 2 is 1.90 bits per heavy atom. The van der Waals surface area contributed by atoms with E-state index in [9.17, 15) is 9.59 Å². The number of amides is 2. The SMILES string of the molecule is Cn1ncc2c1Nc1cc(Cl)ccc1N(C(=O)c1ccc(CNC(=O)ON3CCN(CC4CC4)CC3)cc1Cl)C2. The van der Waals surface area contributed by atoms with Gasteiger partial charge in [-0.3, -0.25) is 9.48 Å². The summed E-state index contributed by atoms with van der Waals surface area (Å²) >= 11 is 12.9. The van der Waals surface area contributed by atoms with E-state index in [1.165, 1.54) is 12.8 Å². The van der Waals surface area contributed by atoms with E-state index >= 15 is 0 Å². The predicted octanol–water partition coefficient (Wildman–Crippen LogP) is 4.80. The third kappa shape index (κ3) is 5.90. The number of hydrogen-bond acceptors (Lipinski definition) is 7. The minimum Gasteiger partial charge on any atom is -0.351 e. The first-order valence-electron chi connectivity index (χ1n) is 13.4. The van der Waals surface area contributed by atoms with Crippen LogP contribution in [0.1, 0.15) is 34.3 Å². The number of rotatable bonds is 6. The minimum absolute atomic E-state index is 0.225. The molecule has 210 valence electrons. The topological polar surface area (TPSA) is 95.0 Å². The van der Waals surface area contributed by atoms with E-state index in [1.54, 1.807) is 51.2 Å². The highest BCUT2D eigenvalue weighted by molar-refractivity contribution is 6.35. The number of carbonyl (C=O) groups is 2. The molecule has 40 heavy (non-hydrogen) atoms. The number of carbonyl (C=O) groups excluding carboxylic acids is 2. The number of halogens is 2. The number of aromatic nitrogens is 2. The molecule has 12 heteroatoms. The molecule has 1 aromatic heterocycles. The molecule has 3 aliphatic rings. The number of aryl methyl sites for hydroxylation is 1. The zero-order valence-electron chi connectivity index (χ0n) is 22.2. The summed E-state index contributed by atoms with van der Waals surface area (Å²) in [7, 11) is 1.84. The van der Waals surface area contributed by atoms with Crippen molar-refractivity contribution in [2.24, 2.45) is 13.0 Å². The van der Waals surface area contributed by atoms with Gasteiger partial charge in [0.05, 0.1) is 34.7 Å². The summed E-state index contributed by atoms with van der Waals surface area (Å²) in [6.45, 7) is 4.89. The summed E-state index contributed by atoms with van der Waals surface area (Å²) in [6.07, 6.45) is 3.90. The van der Waals surface area contributed by atoms with Crippen molar-refractivity contribution in [1.82, 2.24) is 25.1 Å². The molecule has 2 amide bonds. The second kappa shape index (κ2) is 11.3. The normalized spacial score (nSPS) is 17.4. The van der Waals surface area contributed by atoms with E-state index in [0.717, 1.165) is 42.5 Å². The Labute approximate surface area is 242 Å². The number of hydroxylamine groups is 2. The number of nitrogens with one attached hydrogen (secondary N) is 2. The molecule has 6 rings (SSSR count). The fraction of sp³-hybridized carbons (Fsp3) is 0.393. The van der Waals surface area contributed by atoms with Crippen LogP contribution in [0.25, 0.3) is 0 Å². The minimum atomic E-state index is -0.508. The molecule has 1 saturated carbocycles. The van der Waals surface area contributed by atoms with Gasteiger partial charge in [0.2, 0.25) is 0 Å². The molecule has 2 aromatic carbocycles. The lowest BCUT2D eigenvalue weighted by Crippen LogP contribution is -2.48. The van der Waals surface area contributed by atoms with Gasteiger partial charge in [0.25, 0.3) is 5.91 Å². The van der Waals surface area contributed by atoms with Crippen LogP contribution in [0.3, 0.4) is 0 Å². The van der Waals surface area contributed by atoms with Gasteiger partial charge in [-0.25, -0.2) is 4.79 Å². The van der Waals surface area contributed by atoms with Crippen molar-refractivity contribution in [2.45, 2.75) is 25.9 Å². The van der Waals surface area contributed by atoms with E-state index in [4.69, 9.17) is 28.0 Å². The Balaban J connectivity index is 1.09. The van der Waals surface area contributed by atoms with Gasteiger partial charge in [0, 0.05) is 56.9 Å². The van der Waals surface area contributed by atoms with Gasteiger partial charge in [-0.15, -0.1) is 5.06 Å². The molecule has 2 N–H and O–H groups in total. The number of anilines is 3. The molecule has 0 unspecified atom stereocenters. The molecule has 10 nitrogen and oxygen atoms in total. The molecular weight excluding hydrogens is 553 g/mol. The van der Waals surface area contributed by atoms with Crippen LogP contribution >= 0.6 is 23.2 Å². The Morgan fingerprint density at radius 1 is 1.10 bits per heavy atom. The Hall–Kier alpha value is -3.31. The molecule has 2 fully saturated rings. The Bertz CT molecular complexity index is 1430. The van der Waals surface area contributed by atoms with Crippen LogP contribution in [-0.4, -0.2) is 64.5 Å². The Morgan fingerprint density at radius 3 is 2.65 bits per heavy atom. The summed E-state index contributed by atoms with van der Waals surface area (Å²) in [4.78, 5) is 35.7. The van der Waals surface area contributed by atoms with E-state index in [0.29, 0.717) is 46.6 Å². The van der Waals surface area contributed by atoms with Gasteiger partial charge >= 0.3 is 6.09 Å². The molecule has 0 bridgehead atoms. The second-order valence-electron chi connectivity index (χ2n) is 10.5. The molecule has 0 spiro atoms. The standard InChI is InChI=1S/C28H31Cl2N7O3/c1-34-26-20(15-32-34)17-37(25-7-5-21(29)13-24(25)33-26)27(38)22-6-4-19(12-23(22)30)14-31-28(39)40-36-10-8-35(9-11-36)16-18-2-3-18/h4-7,12-13,15,18,33H,2-3,8-11,14,16-17H2,1H3,(H,31,39). The number of nitrogens with zero attached hydrogens (tertiary/aromatic N) is 5. The molecule has 0 radical (unpaired) electrons. The van der Waals surface area contributed by atoms with Crippen LogP contribution in [-0.2, 0) is 25.0 Å². The smallest absolute Gasteiger partial charge is 0.351 e. The first kappa shape index (κ1) is 26.9. The van der Waals surface area contributed by atoms with Crippen LogP contribution in [0.15, 0.2) is 42.6 Å². The van der Waals surface area contributed by atoms with Gasteiger partial charge in [0.15, 0.2) is 0 Å². The first-order chi connectivity index (χ1) is 19.3. The molecule has 3 heterocycles. The van der Waals surface area contributed by atoms with Crippen molar-refractivity contribution < 1.29 is 14.4 Å². The van der Waals surface area contributed by atoms with E-state index in [2.05, 4.69) is 20.6 Å². The second-order valence-corrected chi connectivity index (χ2v) is 11.4. The van der Waals surface area contributed by atoms with E-state index < -0.39 is 6.09 Å². The third-order valence-corrected chi connectivity index (χ3v) is 8.10. The van der Waals surface area contributed by atoms with E-state index in [1.807, 2.05) is 13.1 Å². The zero-order chi connectivity index (χ0) is 27.8. The van der Waals surface area contributed by atoms with Crippen molar-refractivity contribution in [3.8, 4) is 0 Å². The van der Waals surface area contributed by atoms with Crippen LogP contribution in [0.5, 0.6) is 0 Å². The highest BCUT2D eigenvalue weighted by Crippen LogP contribution is 2.38. The molecule has 2 aliphatic heterocycles. The highest BCUT2D eigenvalue weighted by Gasteiger charge is 2.29. The van der Waals surface area contributed by atoms with Gasteiger partial charge in [0.1, 0.15) is 5.82 Å². The molecule has 1 saturated heterocycles. The van der Waals surface area contributed by atoms with Crippen LogP contribution in [0.2, 0.25) is 10.0 Å². The molecule has 3 aromatic rings. The Kier molecular flexibility index (Phi) is 7.59. The largest absolute Gasteiger partial charge is 0.426 e. The van der Waals surface area contributed by atoms with Crippen LogP contribution in [0, 0.1) is 5.92 Å². The van der Waals surface area contributed by atoms with E-state index in [-0.39, 0.29) is 12.5 Å². The maximum absolute atomic E-state index is 13.8. The lowest BCUT2D eigenvalue weighted by atomic mass is 10.1. The molecular formula is C28H31Cl2N7O3. The lowest BCUT2D eigenvalue weighted by molar-refractivity contribution is -0.123. The predicted molar refractivity (Wildman–Crippen MR) is 154 cm³/mol. The maximum atomic E-state index is 13.8. The number of benzene rings is 2. The summed E-state index contributed by atoms with van der Waals surface area (Å²) in [5, 5.41) is 13.0. The summed E-state index contributed by atoms with van der Waals surface area (Å²) in [5.41, 5.74) is 3.35.